The van der Waals surface area contributed by atoms with Gasteiger partial charge in [-0.05, 0) is 31.1 Å². The highest BCUT2D eigenvalue weighted by Gasteiger charge is 2.27. The molecule has 1 aromatic rings. The molecule has 1 atom stereocenters. The molecule has 0 spiro atoms. The van der Waals surface area contributed by atoms with Gasteiger partial charge < -0.3 is 19.8 Å². The van der Waals surface area contributed by atoms with Gasteiger partial charge >= 0.3 is 0 Å². The number of nitrogens with two attached hydrogens (primary N) is 1. The summed E-state index contributed by atoms with van der Waals surface area (Å²) >= 11 is 5.17. The number of hydrogen-bond acceptors (Lipinski definition) is 5. The summed E-state index contributed by atoms with van der Waals surface area (Å²) in [5.41, 5.74) is 6.55. The number of allylic oxidation sites excluding steroid dienone is 3. The fourth-order valence-electron chi connectivity index (χ4n) is 2.69. The lowest BCUT2D eigenvalue weighted by Crippen LogP contribution is -2.27. The Morgan fingerprint density at radius 1 is 1.48 bits per heavy atom. The van der Waals surface area contributed by atoms with Crippen LogP contribution in [0.2, 0.25) is 0 Å². The van der Waals surface area contributed by atoms with Crippen molar-refractivity contribution < 1.29 is 14.3 Å². The third kappa shape index (κ3) is 3.53. The molecule has 0 radical (unpaired) electrons. The first-order chi connectivity index (χ1) is 10.9. The van der Waals surface area contributed by atoms with Crippen LogP contribution in [0.1, 0.15) is 25.0 Å². The molecule has 3 N–H and O–H groups in total. The molecule has 1 amide bonds. The minimum Gasteiger partial charge on any atom is -0.500 e. The lowest BCUT2D eigenvalue weighted by atomic mass is 9.89. The van der Waals surface area contributed by atoms with Crippen LogP contribution in [-0.4, -0.2) is 29.7 Å². The van der Waals surface area contributed by atoms with Gasteiger partial charge in [-0.15, -0.1) is 0 Å². The van der Waals surface area contributed by atoms with Gasteiger partial charge in [0.15, 0.2) is 4.77 Å². The zero-order valence-corrected chi connectivity index (χ0v) is 14.0. The first-order valence-electron chi connectivity index (χ1n) is 6.99. The molecule has 2 rings (SSSR count). The van der Waals surface area contributed by atoms with Crippen molar-refractivity contribution in [3.05, 3.63) is 50.1 Å². The standard InChI is InChI=1S/C15H19N3O4S/c1-8-4-9(12(22-3)6-11(8)21-2)10-5-14(20)17-15(23)18(10)7-13(16)19/h5-6,9H,4,7H2,1-3H3,(H2,16,19)(H,17,20,23)/t9-/m1/s1. The van der Waals surface area contributed by atoms with Crippen molar-refractivity contribution in [1.29, 1.82) is 0 Å². The Labute approximate surface area is 138 Å². The molecule has 8 heteroatoms. The zero-order chi connectivity index (χ0) is 17.1. The van der Waals surface area contributed by atoms with Crippen LogP contribution in [0, 0.1) is 4.77 Å². The maximum atomic E-state index is 11.8. The summed E-state index contributed by atoms with van der Waals surface area (Å²) in [4.78, 5) is 25.7. The number of nitrogens with one attached hydrogen (secondary N) is 1. The van der Waals surface area contributed by atoms with Crippen LogP contribution in [0.4, 0.5) is 0 Å². The Morgan fingerprint density at radius 3 is 2.74 bits per heavy atom. The van der Waals surface area contributed by atoms with Gasteiger partial charge in [0.2, 0.25) is 5.91 Å². The molecule has 0 aromatic carbocycles. The van der Waals surface area contributed by atoms with Crippen molar-refractivity contribution in [1.82, 2.24) is 9.55 Å². The fourth-order valence-corrected chi connectivity index (χ4v) is 2.96. The Hall–Kier alpha value is -2.35. The van der Waals surface area contributed by atoms with E-state index in [4.69, 9.17) is 27.4 Å². The van der Waals surface area contributed by atoms with Crippen LogP contribution in [0.15, 0.2) is 34.0 Å². The fraction of sp³-hybridized carbons (Fsp3) is 0.400. The van der Waals surface area contributed by atoms with Crippen LogP contribution >= 0.6 is 12.2 Å². The summed E-state index contributed by atoms with van der Waals surface area (Å²) in [6, 6.07) is 1.42. The first-order valence-corrected chi connectivity index (χ1v) is 7.39. The topological polar surface area (TPSA) is 99.3 Å². The van der Waals surface area contributed by atoms with Crippen LogP contribution in [0.25, 0.3) is 0 Å². The normalized spacial score (nSPS) is 17.7. The average Bonchev–Trinajstić information content (AvgIpc) is 2.49. The lowest BCUT2D eigenvalue weighted by Gasteiger charge is -2.27. The van der Waals surface area contributed by atoms with Gasteiger partial charge in [0.25, 0.3) is 5.56 Å². The number of amides is 1. The highest BCUT2D eigenvalue weighted by molar-refractivity contribution is 7.71. The largest absolute Gasteiger partial charge is 0.500 e. The SMILES string of the molecule is COC1=CC(OC)=C(C)C[C@@H]1c1cc(=O)[nH]c(=S)n1CC(N)=O. The second-order valence-electron chi connectivity index (χ2n) is 5.27. The number of primary amides is 1. The van der Waals surface area contributed by atoms with E-state index in [1.165, 1.54) is 10.6 Å². The van der Waals surface area contributed by atoms with Gasteiger partial charge in [-0.3, -0.25) is 14.6 Å². The number of carbonyl (C=O) groups excluding carboxylic acids is 1. The molecular formula is C15H19N3O4S. The highest BCUT2D eigenvalue weighted by atomic mass is 32.1. The molecule has 1 aliphatic carbocycles. The van der Waals surface area contributed by atoms with Crippen molar-refractivity contribution >= 4 is 18.1 Å². The Balaban J connectivity index is 2.60. The molecule has 124 valence electrons. The van der Waals surface area contributed by atoms with Crippen LogP contribution in [0.5, 0.6) is 0 Å². The van der Waals surface area contributed by atoms with Crippen LogP contribution in [-0.2, 0) is 20.8 Å². The lowest BCUT2D eigenvalue weighted by molar-refractivity contribution is -0.118. The smallest absolute Gasteiger partial charge is 0.251 e. The van der Waals surface area contributed by atoms with Gasteiger partial charge in [0, 0.05) is 17.8 Å². The minimum atomic E-state index is -0.544. The number of H-pyrrole nitrogens is 1. The molecule has 23 heavy (non-hydrogen) atoms. The third-order valence-corrected chi connectivity index (χ3v) is 4.06. The molecule has 0 saturated heterocycles. The molecule has 0 bridgehead atoms. The molecule has 1 aliphatic rings. The van der Waals surface area contributed by atoms with E-state index in [9.17, 15) is 9.59 Å². The number of rotatable bonds is 5. The molecular weight excluding hydrogens is 318 g/mol. The molecule has 0 unspecified atom stereocenters. The second-order valence-corrected chi connectivity index (χ2v) is 5.66. The van der Waals surface area contributed by atoms with E-state index in [0.717, 1.165) is 11.3 Å². The number of aromatic amines is 1. The van der Waals surface area contributed by atoms with Gasteiger partial charge in [0.05, 0.1) is 20.1 Å². The summed E-state index contributed by atoms with van der Waals surface area (Å²) < 4.78 is 12.4. The molecule has 0 aliphatic heterocycles. The number of nitrogens with zero attached hydrogens (tertiary/aromatic N) is 1. The maximum Gasteiger partial charge on any atom is 0.251 e. The van der Waals surface area contributed by atoms with Crippen molar-refractivity contribution in [2.45, 2.75) is 25.8 Å². The van der Waals surface area contributed by atoms with Gasteiger partial charge in [0.1, 0.15) is 18.1 Å². The molecule has 0 saturated carbocycles. The van der Waals surface area contributed by atoms with E-state index in [1.807, 2.05) is 6.92 Å². The number of ether oxygens (including phenoxy) is 2. The molecule has 1 aromatic heterocycles. The zero-order valence-electron chi connectivity index (χ0n) is 13.2. The van der Waals surface area contributed by atoms with E-state index in [0.29, 0.717) is 17.9 Å². The summed E-state index contributed by atoms with van der Waals surface area (Å²) in [5.74, 6) is 0.564. The predicted molar refractivity (Wildman–Crippen MR) is 87.2 cm³/mol. The summed E-state index contributed by atoms with van der Waals surface area (Å²) in [6.07, 6.45) is 2.36. The number of hydrogen-bond donors (Lipinski definition) is 2. The Kier molecular flexibility index (Phi) is 5.05. The number of aromatic nitrogens is 2. The van der Waals surface area contributed by atoms with Gasteiger partial charge in [-0.1, -0.05) is 0 Å². The first kappa shape index (κ1) is 17.0. The molecule has 1 heterocycles. The van der Waals surface area contributed by atoms with E-state index >= 15 is 0 Å². The van der Waals surface area contributed by atoms with E-state index < -0.39 is 5.91 Å². The second kappa shape index (κ2) is 6.82. The Bertz CT molecular complexity index is 804. The van der Waals surface area contributed by atoms with E-state index in [2.05, 4.69) is 4.98 Å². The average molecular weight is 337 g/mol. The quantitative estimate of drug-likeness (QED) is 0.790. The van der Waals surface area contributed by atoms with Crippen LogP contribution in [0.3, 0.4) is 0 Å². The van der Waals surface area contributed by atoms with E-state index in [1.54, 1.807) is 20.3 Å². The predicted octanol–water partition coefficient (Wildman–Crippen LogP) is 1.33. The van der Waals surface area contributed by atoms with E-state index in [-0.39, 0.29) is 22.8 Å². The van der Waals surface area contributed by atoms with Crippen molar-refractivity contribution in [2.24, 2.45) is 5.73 Å². The molecule has 7 nitrogen and oxygen atoms in total. The van der Waals surface area contributed by atoms with Gasteiger partial charge in [-0.25, -0.2) is 0 Å². The summed E-state index contributed by atoms with van der Waals surface area (Å²) in [5, 5.41) is 0. The number of methoxy groups -OCH3 is 2. The number of carbonyl (C=O) groups is 1. The van der Waals surface area contributed by atoms with Crippen molar-refractivity contribution in [2.75, 3.05) is 14.2 Å². The minimum absolute atomic E-state index is 0.113. The van der Waals surface area contributed by atoms with Gasteiger partial charge in [-0.2, -0.15) is 0 Å². The van der Waals surface area contributed by atoms with Crippen molar-refractivity contribution in [3.63, 3.8) is 0 Å². The monoisotopic (exact) mass is 337 g/mol. The summed E-state index contributed by atoms with van der Waals surface area (Å²) in [7, 11) is 3.14. The highest BCUT2D eigenvalue weighted by Crippen LogP contribution is 2.36. The Morgan fingerprint density at radius 2 is 2.17 bits per heavy atom. The molecule has 0 fully saturated rings. The van der Waals surface area contributed by atoms with Crippen LogP contribution < -0.4 is 11.3 Å². The summed E-state index contributed by atoms with van der Waals surface area (Å²) in [6.45, 7) is 1.83. The third-order valence-electron chi connectivity index (χ3n) is 3.74. The van der Waals surface area contributed by atoms with Crippen molar-refractivity contribution in [3.8, 4) is 0 Å². The maximum absolute atomic E-state index is 11.8.